The van der Waals surface area contributed by atoms with Gasteiger partial charge in [-0.2, -0.15) is 0 Å². The molecule has 1 heterocycles. The molecular formula is C7H12FN3OS. The van der Waals surface area contributed by atoms with E-state index in [-0.39, 0.29) is 0 Å². The third-order valence-electron chi connectivity index (χ3n) is 1.64. The molecule has 0 radical (unpaired) electrons. The topological polar surface area (TPSA) is 50.9 Å². The van der Waals surface area contributed by atoms with Gasteiger partial charge in [-0.3, -0.25) is 0 Å². The van der Waals surface area contributed by atoms with Gasteiger partial charge in [-0.25, -0.2) is 4.39 Å². The highest BCUT2D eigenvalue weighted by molar-refractivity contribution is 7.99. The predicted molar refractivity (Wildman–Crippen MR) is 48.4 cm³/mol. The summed E-state index contributed by atoms with van der Waals surface area (Å²) in [4.78, 5) is 0. The molecule has 1 unspecified atom stereocenters. The third-order valence-corrected chi connectivity index (χ3v) is 2.80. The Morgan fingerprint density at radius 2 is 2.31 bits per heavy atom. The summed E-state index contributed by atoms with van der Waals surface area (Å²) in [5.74, 6) is 1.11. The van der Waals surface area contributed by atoms with Crippen LogP contribution in [0.25, 0.3) is 0 Å². The molecule has 1 aromatic rings. The van der Waals surface area contributed by atoms with E-state index in [2.05, 4.69) is 10.2 Å². The highest BCUT2D eigenvalue weighted by Gasteiger charge is 2.09. The van der Waals surface area contributed by atoms with Crippen molar-refractivity contribution < 1.29 is 9.50 Å². The molecule has 0 aromatic carbocycles. The standard InChI is InChI=1S/C7H12FN3OS/c1-5-9-10-7(11(5)2)13-4-6(12)3-8/h6,12H,3-4H2,1-2H3. The number of aliphatic hydroxyl groups excluding tert-OH is 1. The quantitative estimate of drug-likeness (QED) is 0.729. The Bertz CT molecular complexity index is 279. The lowest BCUT2D eigenvalue weighted by molar-refractivity contribution is 0.162. The second kappa shape index (κ2) is 4.57. The molecule has 0 aliphatic heterocycles. The van der Waals surface area contributed by atoms with Crippen molar-refractivity contribution in [3.8, 4) is 0 Å². The number of thioether (sulfide) groups is 1. The molecule has 0 saturated heterocycles. The van der Waals surface area contributed by atoms with E-state index in [9.17, 15) is 4.39 Å². The first-order valence-corrected chi connectivity index (χ1v) is 4.86. The lowest BCUT2D eigenvalue weighted by Gasteiger charge is -2.04. The third kappa shape index (κ3) is 2.67. The molecule has 0 fully saturated rings. The molecule has 1 N–H and O–H groups in total. The zero-order chi connectivity index (χ0) is 9.84. The molecule has 13 heavy (non-hydrogen) atoms. The Kier molecular flexibility index (Phi) is 3.68. The molecule has 1 aromatic heterocycles. The molecule has 0 aliphatic rings. The number of alkyl halides is 1. The number of aryl methyl sites for hydroxylation is 1. The van der Waals surface area contributed by atoms with E-state index in [1.165, 1.54) is 11.8 Å². The molecule has 4 nitrogen and oxygen atoms in total. The normalized spacial score (nSPS) is 13.2. The van der Waals surface area contributed by atoms with Gasteiger partial charge in [0.2, 0.25) is 0 Å². The largest absolute Gasteiger partial charge is 0.390 e. The van der Waals surface area contributed by atoms with Gasteiger partial charge in [0.15, 0.2) is 5.16 Å². The Morgan fingerprint density at radius 1 is 1.62 bits per heavy atom. The van der Waals surface area contributed by atoms with Gasteiger partial charge in [0, 0.05) is 12.8 Å². The van der Waals surface area contributed by atoms with Gasteiger partial charge in [-0.15, -0.1) is 10.2 Å². The van der Waals surface area contributed by atoms with E-state index in [1.54, 1.807) is 4.57 Å². The van der Waals surface area contributed by atoms with Gasteiger partial charge in [0.1, 0.15) is 12.5 Å². The molecule has 6 heteroatoms. The fourth-order valence-electron chi connectivity index (χ4n) is 0.729. The number of rotatable bonds is 4. The Morgan fingerprint density at radius 3 is 2.77 bits per heavy atom. The van der Waals surface area contributed by atoms with Crippen molar-refractivity contribution in [2.45, 2.75) is 18.2 Å². The highest BCUT2D eigenvalue weighted by Crippen LogP contribution is 2.16. The fourth-order valence-corrected chi connectivity index (χ4v) is 1.58. The van der Waals surface area contributed by atoms with Gasteiger partial charge in [-0.1, -0.05) is 11.8 Å². The molecule has 0 saturated carbocycles. The van der Waals surface area contributed by atoms with Crippen LogP contribution >= 0.6 is 11.8 Å². The predicted octanol–water partition coefficient (Wildman–Crippen LogP) is 0.546. The number of aromatic nitrogens is 3. The highest BCUT2D eigenvalue weighted by atomic mass is 32.2. The summed E-state index contributed by atoms with van der Waals surface area (Å²) in [6, 6.07) is 0. The van der Waals surface area contributed by atoms with Crippen LogP contribution in [0.3, 0.4) is 0 Å². The lowest BCUT2D eigenvalue weighted by Crippen LogP contribution is -2.12. The molecule has 0 amide bonds. The van der Waals surface area contributed by atoms with Gasteiger partial charge < -0.3 is 9.67 Å². The summed E-state index contributed by atoms with van der Waals surface area (Å²) in [5, 5.41) is 17.4. The van der Waals surface area contributed by atoms with Crippen LogP contribution in [-0.2, 0) is 7.05 Å². The van der Waals surface area contributed by atoms with E-state index in [0.29, 0.717) is 10.9 Å². The van der Waals surface area contributed by atoms with Gasteiger partial charge in [0.05, 0.1) is 6.10 Å². The molecule has 0 spiro atoms. The second-order valence-corrected chi connectivity index (χ2v) is 3.70. The molecule has 1 atom stereocenters. The molecule has 74 valence electrons. The smallest absolute Gasteiger partial charge is 0.191 e. The van der Waals surface area contributed by atoms with Crippen molar-refractivity contribution in [1.29, 1.82) is 0 Å². The number of aliphatic hydroxyl groups is 1. The minimum atomic E-state index is -0.915. The van der Waals surface area contributed by atoms with Crippen molar-refractivity contribution in [3.05, 3.63) is 5.82 Å². The van der Waals surface area contributed by atoms with Crippen LogP contribution in [0.2, 0.25) is 0 Å². The average molecular weight is 205 g/mol. The Labute approximate surface area is 80.2 Å². The van der Waals surface area contributed by atoms with Crippen LogP contribution in [0, 0.1) is 6.92 Å². The number of nitrogens with zero attached hydrogens (tertiary/aromatic N) is 3. The van der Waals surface area contributed by atoms with Crippen molar-refractivity contribution in [2.75, 3.05) is 12.4 Å². The summed E-state index contributed by atoms with van der Waals surface area (Å²) in [6.07, 6.45) is -0.915. The van der Waals surface area contributed by atoms with E-state index < -0.39 is 12.8 Å². The number of halogens is 1. The first-order valence-electron chi connectivity index (χ1n) is 3.88. The second-order valence-electron chi connectivity index (χ2n) is 2.71. The van der Waals surface area contributed by atoms with E-state index >= 15 is 0 Å². The van der Waals surface area contributed by atoms with Crippen LogP contribution in [0.15, 0.2) is 5.16 Å². The van der Waals surface area contributed by atoms with Gasteiger partial charge >= 0.3 is 0 Å². The van der Waals surface area contributed by atoms with Crippen LogP contribution in [0.5, 0.6) is 0 Å². The van der Waals surface area contributed by atoms with Gasteiger partial charge in [0.25, 0.3) is 0 Å². The van der Waals surface area contributed by atoms with Crippen LogP contribution in [0.4, 0.5) is 4.39 Å². The van der Waals surface area contributed by atoms with Gasteiger partial charge in [-0.05, 0) is 6.92 Å². The van der Waals surface area contributed by atoms with Crippen LogP contribution in [-0.4, -0.2) is 38.4 Å². The summed E-state index contributed by atoms with van der Waals surface area (Å²) in [6.45, 7) is 1.12. The summed E-state index contributed by atoms with van der Waals surface area (Å²) >= 11 is 1.30. The van der Waals surface area contributed by atoms with Crippen molar-refractivity contribution in [1.82, 2.24) is 14.8 Å². The average Bonchev–Trinajstić information content (AvgIpc) is 2.44. The fraction of sp³-hybridized carbons (Fsp3) is 0.714. The maximum absolute atomic E-state index is 11.9. The molecule has 1 rings (SSSR count). The minimum absolute atomic E-state index is 0.308. The summed E-state index contributed by atoms with van der Waals surface area (Å²) < 4.78 is 13.7. The maximum Gasteiger partial charge on any atom is 0.191 e. The Balaban J connectivity index is 2.50. The number of hydrogen-bond donors (Lipinski definition) is 1. The van der Waals surface area contributed by atoms with Crippen molar-refractivity contribution in [2.24, 2.45) is 7.05 Å². The SMILES string of the molecule is Cc1nnc(SCC(O)CF)n1C. The van der Waals surface area contributed by atoms with E-state index in [4.69, 9.17) is 5.11 Å². The summed E-state index contributed by atoms with van der Waals surface area (Å²) in [5.41, 5.74) is 0. The zero-order valence-corrected chi connectivity index (χ0v) is 8.38. The summed E-state index contributed by atoms with van der Waals surface area (Å²) in [7, 11) is 1.83. The van der Waals surface area contributed by atoms with Crippen LogP contribution in [0.1, 0.15) is 5.82 Å². The monoisotopic (exact) mass is 205 g/mol. The first-order chi connectivity index (χ1) is 6.15. The van der Waals surface area contributed by atoms with Crippen LogP contribution < -0.4 is 0 Å². The zero-order valence-electron chi connectivity index (χ0n) is 7.57. The minimum Gasteiger partial charge on any atom is -0.390 e. The lowest BCUT2D eigenvalue weighted by atomic mass is 10.5. The number of hydrogen-bond acceptors (Lipinski definition) is 4. The van der Waals surface area contributed by atoms with Crippen molar-refractivity contribution >= 4 is 11.8 Å². The molecule has 0 bridgehead atoms. The van der Waals surface area contributed by atoms with Crippen molar-refractivity contribution in [3.63, 3.8) is 0 Å². The maximum atomic E-state index is 11.9. The Hall–Kier alpha value is -0.620. The van der Waals surface area contributed by atoms with E-state index in [0.717, 1.165) is 5.82 Å². The molecule has 0 aliphatic carbocycles. The molecular weight excluding hydrogens is 193 g/mol. The first kappa shape index (κ1) is 10.5. The van der Waals surface area contributed by atoms with E-state index in [1.807, 2.05) is 14.0 Å².